The van der Waals surface area contributed by atoms with E-state index >= 15 is 0 Å². The fraction of sp³-hybridized carbons (Fsp3) is 0.647. The first kappa shape index (κ1) is 16.6. The summed E-state index contributed by atoms with van der Waals surface area (Å²) < 4.78 is 12.5. The minimum atomic E-state index is -0.285. The van der Waals surface area contributed by atoms with Crippen molar-refractivity contribution >= 4 is 27.7 Å². The van der Waals surface area contributed by atoms with Crippen LogP contribution in [-0.4, -0.2) is 29.8 Å². The van der Waals surface area contributed by atoms with E-state index in [1.807, 2.05) is 6.07 Å². The summed E-state index contributed by atoms with van der Waals surface area (Å²) >= 11 is 3.41. The minimum absolute atomic E-state index is 0.0418. The van der Waals surface area contributed by atoms with E-state index in [4.69, 9.17) is 9.47 Å². The van der Waals surface area contributed by atoms with Crippen molar-refractivity contribution in [3.8, 4) is 5.88 Å². The highest BCUT2D eigenvalue weighted by Crippen LogP contribution is 2.36. The van der Waals surface area contributed by atoms with Crippen LogP contribution in [0, 0.1) is 5.92 Å². The summed E-state index contributed by atoms with van der Waals surface area (Å²) in [6, 6.07) is 1.86. The van der Waals surface area contributed by atoms with Crippen molar-refractivity contribution in [2.75, 3.05) is 11.4 Å². The van der Waals surface area contributed by atoms with E-state index in [9.17, 15) is 4.79 Å². The first-order valence-electron chi connectivity index (χ1n) is 8.35. The zero-order valence-electron chi connectivity index (χ0n) is 13.6. The third kappa shape index (κ3) is 3.79. The number of hydrogen-bond acceptors (Lipinski definition) is 4. The van der Waals surface area contributed by atoms with Crippen molar-refractivity contribution in [3.05, 3.63) is 16.7 Å². The summed E-state index contributed by atoms with van der Waals surface area (Å²) in [4.78, 5) is 18.7. The monoisotopic (exact) mass is 382 g/mol. The molecule has 0 bridgehead atoms. The summed E-state index contributed by atoms with van der Waals surface area (Å²) in [7, 11) is 0. The Kier molecular flexibility index (Phi) is 5.09. The zero-order chi connectivity index (χ0) is 16.4. The summed E-state index contributed by atoms with van der Waals surface area (Å²) in [5.41, 5.74) is 0.678. The van der Waals surface area contributed by atoms with Crippen LogP contribution in [0.4, 0.5) is 10.5 Å². The molecule has 1 aliphatic heterocycles. The number of fused-ring (bicyclic) bond motifs is 1. The molecular formula is C17H23BrN2O3. The lowest BCUT2D eigenvalue weighted by Crippen LogP contribution is -2.47. The Labute approximate surface area is 145 Å². The van der Waals surface area contributed by atoms with Gasteiger partial charge in [-0.3, -0.25) is 4.90 Å². The van der Waals surface area contributed by atoms with Crippen molar-refractivity contribution in [1.82, 2.24) is 4.98 Å². The normalized spacial score (nSPS) is 21.7. The molecule has 6 heteroatoms. The second-order valence-corrected chi connectivity index (χ2v) is 7.55. The van der Waals surface area contributed by atoms with Gasteiger partial charge in [-0.05, 0) is 53.6 Å². The molecule has 3 rings (SSSR count). The standard InChI is InChI=1S/C17H23BrN2O3/c1-11(2)15-10-20(14-8-12(18)9-19-16(14)23-15)17(21)22-13-6-4-3-5-7-13/h8-9,11,13,15H,3-7,10H2,1-2H3. The molecule has 0 radical (unpaired) electrons. The van der Waals surface area contributed by atoms with Gasteiger partial charge in [-0.2, -0.15) is 0 Å². The third-order valence-corrected chi connectivity index (χ3v) is 4.93. The lowest BCUT2D eigenvalue weighted by Gasteiger charge is -2.36. The van der Waals surface area contributed by atoms with Gasteiger partial charge < -0.3 is 9.47 Å². The van der Waals surface area contributed by atoms with E-state index in [-0.39, 0.29) is 18.3 Å². The van der Waals surface area contributed by atoms with Gasteiger partial charge in [-0.1, -0.05) is 20.3 Å². The molecule has 1 unspecified atom stereocenters. The van der Waals surface area contributed by atoms with Crippen molar-refractivity contribution in [1.29, 1.82) is 0 Å². The van der Waals surface area contributed by atoms with Gasteiger partial charge in [0.05, 0.1) is 6.54 Å². The third-order valence-electron chi connectivity index (χ3n) is 4.50. The quantitative estimate of drug-likeness (QED) is 0.753. The number of halogens is 1. The number of aromatic nitrogens is 1. The van der Waals surface area contributed by atoms with Gasteiger partial charge in [0.15, 0.2) is 0 Å². The number of pyridine rings is 1. The average Bonchev–Trinajstić information content (AvgIpc) is 2.54. The van der Waals surface area contributed by atoms with Gasteiger partial charge in [0.2, 0.25) is 5.88 Å². The molecule has 23 heavy (non-hydrogen) atoms. The highest BCUT2D eigenvalue weighted by Gasteiger charge is 2.34. The number of nitrogens with zero attached hydrogens (tertiary/aromatic N) is 2. The molecule has 0 aromatic carbocycles. The van der Waals surface area contributed by atoms with Crippen molar-refractivity contribution in [2.45, 2.75) is 58.2 Å². The molecule has 1 atom stereocenters. The molecule has 1 amide bonds. The maximum atomic E-state index is 12.7. The SMILES string of the molecule is CC(C)C1CN(C(=O)OC2CCCCC2)c2cc(Br)cnc2O1. The Bertz CT molecular complexity index is 573. The largest absolute Gasteiger partial charge is 0.471 e. The lowest BCUT2D eigenvalue weighted by atomic mass is 9.98. The van der Waals surface area contributed by atoms with Crippen LogP contribution in [0.1, 0.15) is 46.0 Å². The van der Waals surface area contributed by atoms with Gasteiger partial charge in [-0.15, -0.1) is 0 Å². The number of rotatable bonds is 2. The summed E-state index contributed by atoms with van der Waals surface area (Å²) in [6.45, 7) is 4.66. The molecule has 2 heterocycles. The topological polar surface area (TPSA) is 51.7 Å². The number of carbonyl (C=O) groups is 1. The zero-order valence-corrected chi connectivity index (χ0v) is 15.2. The molecule has 0 N–H and O–H groups in total. The van der Waals surface area contributed by atoms with Crippen molar-refractivity contribution in [2.24, 2.45) is 5.92 Å². The van der Waals surface area contributed by atoms with E-state index < -0.39 is 0 Å². The maximum absolute atomic E-state index is 12.7. The molecule has 1 aromatic rings. The van der Waals surface area contributed by atoms with E-state index in [0.29, 0.717) is 24.0 Å². The van der Waals surface area contributed by atoms with E-state index in [0.717, 1.165) is 30.2 Å². The number of anilines is 1. The summed E-state index contributed by atoms with van der Waals surface area (Å²) in [5, 5.41) is 0. The second kappa shape index (κ2) is 7.07. The van der Waals surface area contributed by atoms with Crippen LogP contribution in [0.3, 0.4) is 0 Å². The van der Waals surface area contributed by atoms with Crippen LogP contribution in [0.5, 0.6) is 5.88 Å². The molecule has 1 aliphatic carbocycles. The van der Waals surface area contributed by atoms with Crippen LogP contribution in [0.15, 0.2) is 16.7 Å². The number of ether oxygens (including phenoxy) is 2. The predicted octanol–water partition coefficient (Wildman–Crippen LogP) is 4.54. The number of carbonyl (C=O) groups excluding carboxylic acids is 1. The van der Waals surface area contributed by atoms with E-state index in [1.165, 1.54) is 6.42 Å². The molecule has 2 aliphatic rings. The summed E-state index contributed by atoms with van der Waals surface area (Å²) in [6.07, 6.45) is 6.81. The second-order valence-electron chi connectivity index (χ2n) is 6.63. The smallest absolute Gasteiger partial charge is 0.414 e. The Morgan fingerprint density at radius 2 is 2.13 bits per heavy atom. The Morgan fingerprint density at radius 3 is 2.83 bits per heavy atom. The van der Waals surface area contributed by atoms with Crippen LogP contribution in [-0.2, 0) is 4.74 Å². The molecule has 1 fully saturated rings. The van der Waals surface area contributed by atoms with Crippen molar-refractivity contribution < 1.29 is 14.3 Å². The molecule has 1 aromatic heterocycles. The van der Waals surface area contributed by atoms with Gasteiger partial charge >= 0.3 is 6.09 Å². The van der Waals surface area contributed by atoms with Crippen molar-refractivity contribution in [3.63, 3.8) is 0 Å². The molecule has 5 nitrogen and oxygen atoms in total. The fourth-order valence-corrected chi connectivity index (χ4v) is 3.39. The molecule has 126 valence electrons. The van der Waals surface area contributed by atoms with Gasteiger partial charge in [0.25, 0.3) is 0 Å². The first-order valence-corrected chi connectivity index (χ1v) is 9.14. The molecule has 0 saturated heterocycles. The summed E-state index contributed by atoms with van der Waals surface area (Å²) in [5.74, 6) is 0.789. The lowest BCUT2D eigenvalue weighted by molar-refractivity contribution is 0.0734. The molecule has 0 spiro atoms. The molecule has 1 saturated carbocycles. The highest BCUT2D eigenvalue weighted by atomic mass is 79.9. The highest BCUT2D eigenvalue weighted by molar-refractivity contribution is 9.10. The van der Waals surface area contributed by atoms with Crippen LogP contribution >= 0.6 is 15.9 Å². The minimum Gasteiger partial charge on any atom is -0.471 e. The van der Waals surface area contributed by atoms with Gasteiger partial charge in [0.1, 0.15) is 17.9 Å². The Hall–Kier alpha value is -1.30. The van der Waals surface area contributed by atoms with Crippen LogP contribution < -0.4 is 9.64 Å². The Balaban J connectivity index is 1.81. The van der Waals surface area contributed by atoms with E-state index in [1.54, 1.807) is 11.1 Å². The van der Waals surface area contributed by atoms with Gasteiger partial charge in [0, 0.05) is 10.7 Å². The molecular weight excluding hydrogens is 360 g/mol. The first-order chi connectivity index (χ1) is 11.0. The number of amides is 1. The predicted molar refractivity (Wildman–Crippen MR) is 91.9 cm³/mol. The average molecular weight is 383 g/mol. The maximum Gasteiger partial charge on any atom is 0.414 e. The van der Waals surface area contributed by atoms with Gasteiger partial charge in [-0.25, -0.2) is 9.78 Å². The Morgan fingerprint density at radius 1 is 1.39 bits per heavy atom. The van der Waals surface area contributed by atoms with Crippen LogP contribution in [0.25, 0.3) is 0 Å². The number of hydrogen-bond donors (Lipinski definition) is 0. The van der Waals surface area contributed by atoms with E-state index in [2.05, 4.69) is 34.8 Å². The van der Waals surface area contributed by atoms with Crippen LogP contribution in [0.2, 0.25) is 0 Å². The fourth-order valence-electron chi connectivity index (χ4n) is 3.07.